The van der Waals surface area contributed by atoms with Crippen LogP contribution in [-0.4, -0.2) is 69.0 Å². The lowest BCUT2D eigenvalue weighted by molar-refractivity contribution is -0.133. The molecule has 0 bridgehead atoms. The third-order valence-electron chi connectivity index (χ3n) is 1.94. The number of carboxylic acid groups (broad SMARTS) is 2. The van der Waals surface area contributed by atoms with E-state index in [1.807, 2.05) is 0 Å². The Kier molecular flexibility index (Phi) is 22.1. The molecule has 0 amide bonds. The molecule has 0 saturated carbocycles. The van der Waals surface area contributed by atoms with Gasteiger partial charge >= 0.3 is 11.9 Å². The van der Waals surface area contributed by atoms with Crippen LogP contribution in [0.5, 0.6) is 0 Å². The molecule has 0 unspecified atom stereocenters. The second-order valence-electron chi connectivity index (χ2n) is 3.86. The topological polar surface area (TPSA) is 156 Å². The van der Waals surface area contributed by atoms with Crippen molar-refractivity contribution < 1.29 is 40.2 Å². The monoisotopic (exact) mass is 322 g/mol. The highest BCUT2D eigenvalue weighted by Gasteiger charge is 1.99. The Morgan fingerprint density at radius 3 is 1.05 bits per heavy atom. The largest absolute Gasteiger partial charge is 0.478 e. The number of aliphatic hydroxyl groups excluding tert-OH is 4. The molecular formula is C14H26O8. The number of allylic oxidation sites excluding steroid dienone is 2. The van der Waals surface area contributed by atoms with Crippen LogP contribution in [0.3, 0.4) is 0 Å². The van der Waals surface area contributed by atoms with Gasteiger partial charge in [0.2, 0.25) is 0 Å². The maximum Gasteiger partial charge on any atom is 0.330 e. The molecule has 0 aromatic heterocycles. The smallest absolute Gasteiger partial charge is 0.330 e. The summed E-state index contributed by atoms with van der Waals surface area (Å²) in [7, 11) is 0. The summed E-state index contributed by atoms with van der Waals surface area (Å²) in [6, 6.07) is 0. The fraction of sp³-hybridized carbons (Fsp3) is 0.571. The van der Waals surface area contributed by atoms with Crippen LogP contribution in [0.2, 0.25) is 0 Å². The summed E-state index contributed by atoms with van der Waals surface area (Å²) >= 11 is 0. The normalized spacial score (nSPS) is 10.8. The SMILES string of the molecule is CC(=CCCC=C(C)C(=O)O)C(=O)O.OCCO.OCCO. The van der Waals surface area contributed by atoms with E-state index in [0.29, 0.717) is 12.8 Å². The van der Waals surface area contributed by atoms with E-state index in [2.05, 4.69) is 0 Å². The molecule has 130 valence electrons. The first-order chi connectivity index (χ1) is 10.3. The Hall–Kier alpha value is -1.74. The molecule has 0 fully saturated rings. The van der Waals surface area contributed by atoms with Crippen molar-refractivity contribution in [1.82, 2.24) is 0 Å². The van der Waals surface area contributed by atoms with Gasteiger partial charge in [-0.05, 0) is 26.7 Å². The molecule has 0 saturated heterocycles. The molecule has 8 heteroatoms. The number of unbranched alkanes of at least 4 members (excludes halogenated alkanes) is 1. The molecule has 0 atom stereocenters. The lowest BCUT2D eigenvalue weighted by atomic mass is 10.1. The molecule has 0 aliphatic rings. The Morgan fingerprint density at radius 2 is 0.909 bits per heavy atom. The van der Waals surface area contributed by atoms with Crippen LogP contribution >= 0.6 is 0 Å². The summed E-state index contributed by atoms with van der Waals surface area (Å²) in [5, 5.41) is 47.5. The van der Waals surface area contributed by atoms with Gasteiger partial charge in [-0.25, -0.2) is 9.59 Å². The minimum atomic E-state index is -0.941. The number of rotatable bonds is 7. The first-order valence-electron chi connectivity index (χ1n) is 6.51. The molecule has 0 aliphatic carbocycles. The first kappa shape index (κ1) is 25.2. The van der Waals surface area contributed by atoms with Crippen molar-refractivity contribution in [2.45, 2.75) is 26.7 Å². The van der Waals surface area contributed by atoms with E-state index in [-0.39, 0.29) is 37.6 Å². The Morgan fingerprint density at radius 1 is 0.682 bits per heavy atom. The van der Waals surface area contributed by atoms with Gasteiger partial charge in [0, 0.05) is 11.1 Å². The molecule has 0 aromatic rings. The Bertz CT molecular complexity index is 309. The van der Waals surface area contributed by atoms with Crippen LogP contribution < -0.4 is 0 Å². The molecular weight excluding hydrogens is 296 g/mol. The van der Waals surface area contributed by atoms with Crippen LogP contribution in [0.1, 0.15) is 26.7 Å². The maximum atomic E-state index is 10.4. The van der Waals surface area contributed by atoms with Gasteiger partial charge in [0.05, 0.1) is 26.4 Å². The quantitative estimate of drug-likeness (QED) is 0.277. The number of carboxylic acids is 2. The second kappa shape index (κ2) is 19.3. The first-order valence-corrected chi connectivity index (χ1v) is 6.51. The van der Waals surface area contributed by atoms with Crippen molar-refractivity contribution in [3.8, 4) is 0 Å². The maximum absolute atomic E-state index is 10.4. The van der Waals surface area contributed by atoms with Gasteiger partial charge in [-0.15, -0.1) is 0 Å². The standard InChI is InChI=1S/C10H14O4.2C2H6O2/c1-7(9(11)12)5-3-4-6-8(2)10(13)14;2*3-1-2-4/h5-6H,3-4H2,1-2H3,(H,11,12)(H,13,14);2*3-4H,1-2H2. The predicted molar refractivity (Wildman–Crippen MR) is 80.4 cm³/mol. The Balaban J connectivity index is -0.000000372. The van der Waals surface area contributed by atoms with E-state index in [0.717, 1.165) is 0 Å². The van der Waals surface area contributed by atoms with Crippen molar-refractivity contribution in [2.24, 2.45) is 0 Å². The lowest BCUT2D eigenvalue weighted by Crippen LogP contribution is -1.96. The van der Waals surface area contributed by atoms with Crippen LogP contribution in [0.4, 0.5) is 0 Å². The third kappa shape index (κ3) is 23.4. The average molecular weight is 322 g/mol. The van der Waals surface area contributed by atoms with Crippen LogP contribution in [-0.2, 0) is 9.59 Å². The summed E-state index contributed by atoms with van der Waals surface area (Å²) < 4.78 is 0. The molecule has 0 radical (unpaired) electrons. The van der Waals surface area contributed by atoms with Gasteiger partial charge in [0.15, 0.2) is 0 Å². The molecule has 22 heavy (non-hydrogen) atoms. The highest BCUT2D eigenvalue weighted by molar-refractivity contribution is 5.86. The second-order valence-corrected chi connectivity index (χ2v) is 3.86. The van der Waals surface area contributed by atoms with Crippen molar-refractivity contribution >= 4 is 11.9 Å². The van der Waals surface area contributed by atoms with Crippen LogP contribution in [0.15, 0.2) is 23.3 Å². The molecule has 8 nitrogen and oxygen atoms in total. The highest BCUT2D eigenvalue weighted by atomic mass is 16.4. The molecule has 6 N–H and O–H groups in total. The number of carbonyl (C=O) groups is 2. The van der Waals surface area contributed by atoms with Crippen molar-refractivity contribution in [2.75, 3.05) is 26.4 Å². The van der Waals surface area contributed by atoms with E-state index in [4.69, 9.17) is 30.6 Å². The molecule has 0 aromatic carbocycles. The minimum Gasteiger partial charge on any atom is -0.478 e. The van der Waals surface area contributed by atoms with Gasteiger partial charge in [0.25, 0.3) is 0 Å². The lowest BCUT2D eigenvalue weighted by Gasteiger charge is -1.93. The van der Waals surface area contributed by atoms with Crippen LogP contribution in [0, 0.1) is 0 Å². The summed E-state index contributed by atoms with van der Waals surface area (Å²) in [5.41, 5.74) is 0.567. The average Bonchev–Trinajstić information content (AvgIpc) is 2.51. The van der Waals surface area contributed by atoms with E-state index >= 15 is 0 Å². The van der Waals surface area contributed by atoms with Gasteiger partial charge < -0.3 is 30.6 Å². The van der Waals surface area contributed by atoms with Crippen molar-refractivity contribution in [3.05, 3.63) is 23.3 Å². The van der Waals surface area contributed by atoms with E-state index < -0.39 is 11.9 Å². The zero-order chi connectivity index (χ0) is 18.0. The Labute approximate surface area is 129 Å². The third-order valence-corrected chi connectivity index (χ3v) is 1.94. The van der Waals surface area contributed by atoms with Gasteiger partial charge in [-0.1, -0.05) is 12.2 Å². The summed E-state index contributed by atoms with van der Waals surface area (Å²) in [6.45, 7) is 2.52. The minimum absolute atomic E-state index is 0.125. The van der Waals surface area contributed by atoms with E-state index in [9.17, 15) is 9.59 Å². The molecule has 0 rings (SSSR count). The molecule has 0 spiro atoms. The zero-order valence-corrected chi connectivity index (χ0v) is 12.9. The van der Waals surface area contributed by atoms with Gasteiger partial charge in [0.1, 0.15) is 0 Å². The number of aliphatic hydroxyl groups is 4. The van der Waals surface area contributed by atoms with E-state index in [1.165, 1.54) is 13.8 Å². The molecule has 0 aliphatic heterocycles. The number of aliphatic carboxylic acids is 2. The van der Waals surface area contributed by atoms with Gasteiger partial charge in [-0.3, -0.25) is 0 Å². The van der Waals surface area contributed by atoms with Crippen molar-refractivity contribution in [1.29, 1.82) is 0 Å². The molecule has 0 heterocycles. The summed E-state index contributed by atoms with van der Waals surface area (Å²) in [6.07, 6.45) is 4.24. The number of hydrogen-bond acceptors (Lipinski definition) is 6. The number of hydrogen-bond donors (Lipinski definition) is 6. The fourth-order valence-electron chi connectivity index (χ4n) is 0.774. The summed E-state index contributed by atoms with van der Waals surface area (Å²) in [4.78, 5) is 20.7. The van der Waals surface area contributed by atoms with Crippen LogP contribution in [0.25, 0.3) is 0 Å². The predicted octanol–water partition coefficient (Wildman–Crippen LogP) is -0.230. The van der Waals surface area contributed by atoms with E-state index in [1.54, 1.807) is 12.2 Å². The fourth-order valence-corrected chi connectivity index (χ4v) is 0.774. The zero-order valence-electron chi connectivity index (χ0n) is 12.9. The highest BCUT2D eigenvalue weighted by Crippen LogP contribution is 2.02. The summed E-state index contributed by atoms with van der Waals surface area (Å²) in [5.74, 6) is -1.88. The van der Waals surface area contributed by atoms with Gasteiger partial charge in [-0.2, -0.15) is 0 Å². The van der Waals surface area contributed by atoms with Crippen molar-refractivity contribution in [3.63, 3.8) is 0 Å².